The third-order valence-electron chi connectivity index (χ3n) is 3.45. The van der Waals surface area contributed by atoms with Crippen LogP contribution >= 0.6 is 0 Å². The smallest absolute Gasteiger partial charge is 0.163 e. The zero-order chi connectivity index (χ0) is 16.0. The number of nitrogens with zero attached hydrogens (tertiary/aromatic N) is 1. The highest BCUT2D eigenvalue weighted by molar-refractivity contribution is 5.96. The summed E-state index contributed by atoms with van der Waals surface area (Å²) in [5.74, 6) is 0.496. The molecular weight excluding hydrogens is 266 g/mol. The van der Waals surface area contributed by atoms with Crippen LogP contribution in [0.4, 0.5) is 0 Å². The molecular formula is C17H27NO3. The van der Waals surface area contributed by atoms with Crippen molar-refractivity contribution in [1.29, 1.82) is 0 Å². The van der Waals surface area contributed by atoms with Gasteiger partial charge in [-0.25, -0.2) is 0 Å². The van der Waals surface area contributed by atoms with E-state index in [-0.39, 0.29) is 12.4 Å². The lowest BCUT2D eigenvalue weighted by atomic mass is 10.1. The Kier molecular flexibility index (Phi) is 6.85. The summed E-state index contributed by atoms with van der Waals surface area (Å²) in [5, 5.41) is 10.2. The molecule has 0 saturated carbocycles. The molecule has 0 spiro atoms. The van der Waals surface area contributed by atoms with E-state index in [4.69, 9.17) is 4.74 Å². The normalized spacial score (nSPS) is 13.0. The van der Waals surface area contributed by atoms with Crippen LogP contribution in [0.3, 0.4) is 0 Å². The third kappa shape index (κ3) is 5.48. The van der Waals surface area contributed by atoms with Gasteiger partial charge in [0.15, 0.2) is 5.78 Å². The van der Waals surface area contributed by atoms with Crippen molar-refractivity contribution in [3.63, 3.8) is 0 Å². The van der Waals surface area contributed by atoms with Gasteiger partial charge in [0.05, 0.1) is 5.56 Å². The first-order valence-corrected chi connectivity index (χ1v) is 7.49. The highest BCUT2D eigenvalue weighted by atomic mass is 16.5. The second kappa shape index (κ2) is 8.15. The Labute approximate surface area is 127 Å². The molecule has 1 unspecified atom stereocenters. The topological polar surface area (TPSA) is 49.8 Å². The molecule has 0 heterocycles. The third-order valence-corrected chi connectivity index (χ3v) is 3.45. The molecule has 0 saturated heterocycles. The van der Waals surface area contributed by atoms with Crippen molar-refractivity contribution < 1.29 is 14.6 Å². The molecule has 0 fully saturated rings. The molecule has 0 aliphatic carbocycles. The zero-order valence-corrected chi connectivity index (χ0v) is 13.7. The van der Waals surface area contributed by atoms with E-state index in [9.17, 15) is 9.90 Å². The minimum absolute atomic E-state index is 0.0360. The van der Waals surface area contributed by atoms with Crippen molar-refractivity contribution in [2.45, 2.75) is 52.8 Å². The maximum atomic E-state index is 11.5. The molecule has 0 amide bonds. The highest BCUT2D eigenvalue weighted by Crippen LogP contribution is 2.18. The monoisotopic (exact) mass is 293 g/mol. The van der Waals surface area contributed by atoms with Gasteiger partial charge in [0.2, 0.25) is 0 Å². The van der Waals surface area contributed by atoms with Gasteiger partial charge in [-0.1, -0.05) is 12.1 Å². The molecule has 118 valence electrons. The van der Waals surface area contributed by atoms with Crippen LogP contribution in [0.1, 0.15) is 45.0 Å². The van der Waals surface area contributed by atoms with E-state index >= 15 is 0 Å². The maximum Gasteiger partial charge on any atom is 0.163 e. The molecule has 0 bridgehead atoms. The summed E-state index contributed by atoms with van der Waals surface area (Å²) in [6.45, 7) is 10.7. The number of carbonyl (C=O) groups excluding carboxylic acids is 1. The van der Waals surface area contributed by atoms with Gasteiger partial charge < -0.3 is 9.84 Å². The van der Waals surface area contributed by atoms with Gasteiger partial charge in [0.1, 0.15) is 18.5 Å². The molecule has 1 N–H and O–H groups in total. The van der Waals surface area contributed by atoms with Crippen LogP contribution in [0.15, 0.2) is 24.3 Å². The molecule has 0 radical (unpaired) electrons. The van der Waals surface area contributed by atoms with Gasteiger partial charge >= 0.3 is 0 Å². The number of hydrogen-bond donors (Lipinski definition) is 1. The second-order valence-corrected chi connectivity index (χ2v) is 5.90. The molecule has 1 aromatic rings. The highest BCUT2D eigenvalue weighted by Gasteiger charge is 2.18. The van der Waals surface area contributed by atoms with E-state index in [1.54, 1.807) is 18.2 Å². The minimum atomic E-state index is -0.588. The van der Waals surface area contributed by atoms with Gasteiger partial charge in [-0.2, -0.15) is 0 Å². The van der Waals surface area contributed by atoms with E-state index in [0.29, 0.717) is 29.9 Å². The van der Waals surface area contributed by atoms with Crippen molar-refractivity contribution >= 4 is 5.78 Å². The van der Waals surface area contributed by atoms with Crippen LogP contribution in [0.2, 0.25) is 0 Å². The Morgan fingerprint density at radius 3 is 2.29 bits per heavy atom. The summed E-state index contributed by atoms with van der Waals surface area (Å²) in [6, 6.07) is 7.85. The Balaban J connectivity index is 2.61. The van der Waals surface area contributed by atoms with Gasteiger partial charge in [-0.3, -0.25) is 9.69 Å². The van der Waals surface area contributed by atoms with Gasteiger partial charge in [-0.05, 0) is 46.8 Å². The SMILES string of the molecule is CC(=O)c1ccccc1OCC(O)CN(C(C)C)C(C)C. The lowest BCUT2D eigenvalue weighted by molar-refractivity contribution is 0.0442. The number of para-hydroxylation sites is 1. The first kappa shape index (κ1) is 17.7. The van der Waals surface area contributed by atoms with Gasteiger partial charge in [0.25, 0.3) is 0 Å². The standard InChI is InChI=1S/C17H27NO3/c1-12(2)18(13(3)4)10-15(20)11-21-17-9-7-6-8-16(17)14(5)19/h6-9,12-13,15,20H,10-11H2,1-5H3. The number of ketones is 1. The first-order chi connectivity index (χ1) is 9.82. The summed E-state index contributed by atoms with van der Waals surface area (Å²) < 4.78 is 5.62. The summed E-state index contributed by atoms with van der Waals surface area (Å²) in [7, 11) is 0. The lowest BCUT2D eigenvalue weighted by Gasteiger charge is -2.32. The number of benzene rings is 1. The van der Waals surface area contributed by atoms with Crippen molar-refractivity contribution in [1.82, 2.24) is 4.90 Å². The van der Waals surface area contributed by atoms with E-state index in [0.717, 1.165) is 0 Å². The Hall–Kier alpha value is -1.39. The number of carbonyl (C=O) groups is 1. The largest absolute Gasteiger partial charge is 0.490 e. The second-order valence-electron chi connectivity index (χ2n) is 5.90. The molecule has 0 aromatic heterocycles. The number of aliphatic hydroxyl groups excluding tert-OH is 1. The van der Waals surface area contributed by atoms with E-state index < -0.39 is 6.10 Å². The molecule has 1 atom stereocenters. The molecule has 4 heteroatoms. The molecule has 4 nitrogen and oxygen atoms in total. The molecule has 1 rings (SSSR count). The first-order valence-electron chi connectivity index (χ1n) is 7.49. The van der Waals surface area contributed by atoms with Gasteiger partial charge in [0, 0.05) is 18.6 Å². The number of ether oxygens (including phenoxy) is 1. The Morgan fingerprint density at radius 2 is 1.76 bits per heavy atom. The quantitative estimate of drug-likeness (QED) is 0.749. The zero-order valence-electron chi connectivity index (χ0n) is 13.7. The number of aliphatic hydroxyl groups is 1. The fourth-order valence-corrected chi connectivity index (χ4v) is 2.38. The van der Waals surface area contributed by atoms with Crippen LogP contribution in [0.25, 0.3) is 0 Å². The average Bonchev–Trinajstić information content (AvgIpc) is 2.42. The van der Waals surface area contributed by atoms with Gasteiger partial charge in [-0.15, -0.1) is 0 Å². The number of rotatable bonds is 8. The van der Waals surface area contributed by atoms with E-state index in [1.807, 2.05) is 6.07 Å². The van der Waals surface area contributed by atoms with Crippen LogP contribution in [-0.2, 0) is 0 Å². The number of Topliss-reactive ketones (excluding diaryl/α,β-unsaturated/α-hetero) is 1. The predicted molar refractivity (Wildman–Crippen MR) is 84.9 cm³/mol. The maximum absolute atomic E-state index is 11.5. The van der Waals surface area contributed by atoms with Crippen molar-refractivity contribution in [2.24, 2.45) is 0 Å². The Bertz CT molecular complexity index is 449. The van der Waals surface area contributed by atoms with Crippen LogP contribution in [0, 0.1) is 0 Å². The fourth-order valence-electron chi connectivity index (χ4n) is 2.38. The van der Waals surface area contributed by atoms with Crippen molar-refractivity contribution in [3.8, 4) is 5.75 Å². The van der Waals surface area contributed by atoms with E-state index in [2.05, 4.69) is 32.6 Å². The van der Waals surface area contributed by atoms with Crippen LogP contribution in [-0.4, -0.2) is 47.1 Å². The van der Waals surface area contributed by atoms with Crippen molar-refractivity contribution in [2.75, 3.05) is 13.2 Å². The molecule has 21 heavy (non-hydrogen) atoms. The minimum Gasteiger partial charge on any atom is -0.490 e. The summed E-state index contributed by atoms with van der Waals surface area (Å²) >= 11 is 0. The summed E-state index contributed by atoms with van der Waals surface area (Å²) in [6.07, 6.45) is -0.588. The predicted octanol–water partition coefficient (Wildman–Crippen LogP) is 2.75. The average molecular weight is 293 g/mol. The molecule has 0 aliphatic heterocycles. The fraction of sp³-hybridized carbons (Fsp3) is 0.588. The number of hydrogen-bond acceptors (Lipinski definition) is 4. The van der Waals surface area contributed by atoms with E-state index in [1.165, 1.54) is 6.92 Å². The van der Waals surface area contributed by atoms with Crippen LogP contribution in [0.5, 0.6) is 5.75 Å². The molecule has 1 aromatic carbocycles. The summed E-state index contributed by atoms with van der Waals surface area (Å²) in [4.78, 5) is 13.7. The van der Waals surface area contributed by atoms with Crippen molar-refractivity contribution in [3.05, 3.63) is 29.8 Å². The molecule has 0 aliphatic rings. The lowest BCUT2D eigenvalue weighted by Crippen LogP contribution is -2.43. The van der Waals surface area contributed by atoms with Crippen LogP contribution < -0.4 is 4.74 Å². The Morgan fingerprint density at radius 1 is 1.19 bits per heavy atom. The summed E-state index contributed by atoms with van der Waals surface area (Å²) in [5.41, 5.74) is 0.550.